The van der Waals surface area contributed by atoms with Crippen molar-refractivity contribution >= 4 is 29.3 Å². The summed E-state index contributed by atoms with van der Waals surface area (Å²) in [6.07, 6.45) is 0. The molecule has 0 unspecified atom stereocenters. The molecule has 140 valence electrons. The van der Waals surface area contributed by atoms with Gasteiger partial charge in [0.2, 0.25) is 11.1 Å². The van der Waals surface area contributed by atoms with E-state index in [1.165, 1.54) is 11.8 Å². The Bertz CT molecular complexity index is 899. The Balaban J connectivity index is 1.60. The number of halogens is 1. The number of nitrogens with zero attached hydrogens (tertiary/aromatic N) is 4. The average Bonchev–Trinajstić information content (AvgIpc) is 3.15. The predicted octanol–water partition coefficient (Wildman–Crippen LogP) is 3.12. The molecule has 0 aliphatic carbocycles. The van der Waals surface area contributed by atoms with E-state index in [0.717, 1.165) is 17.0 Å². The number of rotatable bonds is 7. The van der Waals surface area contributed by atoms with Crippen LogP contribution in [0.4, 0.5) is 0 Å². The largest absolute Gasteiger partial charge is 0.497 e. The smallest absolute Gasteiger partial charge is 0.233 e. The molecule has 1 amide bonds. The minimum atomic E-state index is -0.361. The van der Waals surface area contributed by atoms with Gasteiger partial charge >= 0.3 is 0 Å². The quantitative estimate of drug-likeness (QED) is 0.610. The lowest BCUT2D eigenvalue weighted by Crippen LogP contribution is -2.30. The van der Waals surface area contributed by atoms with Crippen LogP contribution in [0.1, 0.15) is 12.5 Å². The Morgan fingerprint density at radius 1 is 1.22 bits per heavy atom. The van der Waals surface area contributed by atoms with Gasteiger partial charge in [0.05, 0.1) is 18.0 Å². The molecule has 2 aromatic carbocycles. The molecular weight excluding hydrogens is 386 g/mol. The third-order valence-corrected chi connectivity index (χ3v) is 5.07. The molecule has 0 saturated heterocycles. The van der Waals surface area contributed by atoms with Gasteiger partial charge in [-0.25, -0.2) is 0 Å². The number of hydrogen-bond acceptors (Lipinski definition) is 6. The summed E-state index contributed by atoms with van der Waals surface area (Å²) in [5, 5.41) is 15.4. The highest BCUT2D eigenvalue weighted by Crippen LogP contribution is 2.23. The number of aromatic nitrogens is 4. The zero-order valence-electron chi connectivity index (χ0n) is 14.8. The highest BCUT2D eigenvalue weighted by molar-refractivity contribution is 8.00. The van der Waals surface area contributed by atoms with Gasteiger partial charge in [0.1, 0.15) is 5.75 Å². The monoisotopic (exact) mass is 403 g/mol. The fourth-order valence-corrected chi connectivity index (χ4v) is 3.24. The average molecular weight is 404 g/mol. The minimum absolute atomic E-state index is 0.0959. The van der Waals surface area contributed by atoms with Crippen molar-refractivity contribution in [3.63, 3.8) is 0 Å². The highest BCUT2D eigenvalue weighted by atomic mass is 35.5. The van der Waals surface area contributed by atoms with Crippen molar-refractivity contribution in [2.45, 2.75) is 23.9 Å². The molecule has 0 radical (unpaired) electrons. The number of hydrogen-bond donors (Lipinski definition) is 1. The standard InChI is InChI=1S/C18H18ClN5O2S/c1-12(17(25)20-11-13-3-9-16(26-2)10-4-13)27-18-21-22-23-24(18)15-7-5-14(19)6-8-15/h3-10,12H,11H2,1-2H3,(H,20,25)/t12-/m1/s1. The van der Waals surface area contributed by atoms with Crippen molar-refractivity contribution in [2.75, 3.05) is 7.11 Å². The maximum atomic E-state index is 12.4. The molecule has 1 aromatic heterocycles. The summed E-state index contributed by atoms with van der Waals surface area (Å²) < 4.78 is 6.70. The summed E-state index contributed by atoms with van der Waals surface area (Å²) in [5.74, 6) is 0.685. The van der Waals surface area contributed by atoms with Gasteiger partial charge in [-0.05, 0) is 59.3 Å². The van der Waals surface area contributed by atoms with Crippen molar-refractivity contribution in [3.05, 3.63) is 59.1 Å². The van der Waals surface area contributed by atoms with Crippen LogP contribution in [-0.2, 0) is 11.3 Å². The molecule has 9 heteroatoms. The molecular formula is C18H18ClN5O2S. The van der Waals surface area contributed by atoms with E-state index in [4.69, 9.17) is 16.3 Å². The van der Waals surface area contributed by atoms with E-state index in [2.05, 4.69) is 20.8 Å². The van der Waals surface area contributed by atoms with Crippen molar-refractivity contribution in [3.8, 4) is 11.4 Å². The molecule has 7 nitrogen and oxygen atoms in total. The van der Waals surface area contributed by atoms with Crippen LogP contribution in [0.15, 0.2) is 53.7 Å². The van der Waals surface area contributed by atoms with Gasteiger partial charge in [0.15, 0.2) is 0 Å². The molecule has 1 atom stereocenters. The lowest BCUT2D eigenvalue weighted by Gasteiger charge is -2.12. The van der Waals surface area contributed by atoms with Crippen molar-refractivity contribution in [1.82, 2.24) is 25.5 Å². The highest BCUT2D eigenvalue weighted by Gasteiger charge is 2.19. The third-order valence-electron chi connectivity index (χ3n) is 3.79. The molecule has 1 heterocycles. The number of benzene rings is 2. The summed E-state index contributed by atoms with van der Waals surface area (Å²) in [7, 11) is 1.62. The molecule has 0 aliphatic rings. The lowest BCUT2D eigenvalue weighted by molar-refractivity contribution is -0.120. The molecule has 0 bridgehead atoms. The lowest BCUT2D eigenvalue weighted by atomic mass is 10.2. The van der Waals surface area contributed by atoms with E-state index in [-0.39, 0.29) is 11.2 Å². The third kappa shape index (κ3) is 4.99. The fourth-order valence-electron chi connectivity index (χ4n) is 2.28. The predicted molar refractivity (Wildman–Crippen MR) is 104 cm³/mol. The Morgan fingerprint density at radius 3 is 2.59 bits per heavy atom. The summed E-state index contributed by atoms with van der Waals surface area (Å²) in [6, 6.07) is 14.7. The number of amides is 1. The number of thioether (sulfide) groups is 1. The first kappa shape index (κ1) is 19.2. The maximum absolute atomic E-state index is 12.4. The second-order valence-electron chi connectivity index (χ2n) is 5.68. The van der Waals surface area contributed by atoms with E-state index in [1.807, 2.05) is 43.3 Å². The first-order valence-electron chi connectivity index (χ1n) is 8.18. The summed E-state index contributed by atoms with van der Waals surface area (Å²) in [5.41, 5.74) is 1.77. The van der Waals surface area contributed by atoms with Crippen molar-refractivity contribution in [1.29, 1.82) is 0 Å². The molecule has 1 N–H and O–H groups in total. The van der Waals surface area contributed by atoms with Crippen LogP contribution in [0.25, 0.3) is 5.69 Å². The summed E-state index contributed by atoms with van der Waals surface area (Å²) in [6.45, 7) is 2.25. The fraction of sp³-hybridized carbons (Fsp3) is 0.222. The van der Waals surface area contributed by atoms with Crippen molar-refractivity contribution in [2.24, 2.45) is 0 Å². The number of carbonyl (C=O) groups is 1. The Labute approximate surface area is 166 Å². The van der Waals surface area contributed by atoms with Gasteiger partial charge in [-0.15, -0.1) is 5.10 Å². The van der Waals surface area contributed by atoms with Gasteiger partial charge in [-0.3, -0.25) is 4.79 Å². The number of carbonyl (C=O) groups excluding carboxylic acids is 1. The first-order chi connectivity index (χ1) is 13.1. The van der Waals surface area contributed by atoms with Gasteiger partial charge < -0.3 is 10.1 Å². The number of methoxy groups -OCH3 is 1. The molecule has 0 aliphatic heterocycles. The first-order valence-corrected chi connectivity index (χ1v) is 9.44. The van der Waals surface area contributed by atoms with Crippen LogP contribution in [0.2, 0.25) is 5.02 Å². The van der Waals surface area contributed by atoms with Crippen LogP contribution < -0.4 is 10.1 Å². The zero-order chi connectivity index (χ0) is 19.2. The topological polar surface area (TPSA) is 81.9 Å². The second kappa shape index (κ2) is 8.88. The van der Waals surface area contributed by atoms with Gasteiger partial charge in [0.25, 0.3) is 0 Å². The summed E-state index contributed by atoms with van der Waals surface area (Å²) >= 11 is 7.20. The van der Waals surface area contributed by atoms with E-state index in [0.29, 0.717) is 16.7 Å². The van der Waals surface area contributed by atoms with E-state index < -0.39 is 0 Å². The van der Waals surface area contributed by atoms with Crippen LogP contribution in [0.5, 0.6) is 5.75 Å². The number of tetrazole rings is 1. The van der Waals surface area contributed by atoms with Crippen molar-refractivity contribution < 1.29 is 9.53 Å². The molecule has 3 aromatic rings. The summed E-state index contributed by atoms with van der Waals surface area (Å²) in [4.78, 5) is 12.4. The van der Waals surface area contributed by atoms with Crippen LogP contribution in [-0.4, -0.2) is 38.5 Å². The Morgan fingerprint density at radius 2 is 1.93 bits per heavy atom. The number of ether oxygens (including phenoxy) is 1. The maximum Gasteiger partial charge on any atom is 0.233 e. The normalized spacial score (nSPS) is 11.8. The van der Waals surface area contributed by atoms with Crippen LogP contribution in [0.3, 0.4) is 0 Å². The SMILES string of the molecule is COc1ccc(CNC(=O)[C@@H](C)Sc2nnnn2-c2ccc(Cl)cc2)cc1. The Kier molecular flexibility index (Phi) is 6.31. The van der Waals surface area contributed by atoms with Gasteiger partial charge in [-0.2, -0.15) is 4.68 Å². The minimum Gasteiger partial charge on any atom is -0.497 e. The van der Waals surface area contributed by atoms with E-state index >= 15 is 0 Å². The Hall–Kier alpha value is -2.58. The second-order valence-corrected chi connectivity index (χ2v) is 7.42. The van der Waals surface area contributed by atoms with Gasteiger partial charge in [0, 0.05) is 11.6 Å². The molecule has 0 saturated carbocycles. The van der Waals surface area contributed by atoms with E-state index in [9.17, 15) is 4.79 Å². The van der Waals surface area contributed by atoms with E-state index in [1.54, 1.807) is 23.9 Å². The molecule has 0 fully saturated rings. The molecule has 27 heavy (non-hydrogen) atoms. The molecule has 0 spiro atoms. The van der Waals surface area contributed by atoms with Crippen LogP contribution >= 0.6 is 23.4 Å². The molecule has 3 rings (SSSR count). The van der Waals surface area contributed by atoms with Gasteiger partial charge in [-0.1, -0.05) is 35.5 Å². The zero-order valence-corrected chi connectivity index (χ0v) is 16.4. The number of nitrogens with one attached hydrogen (secondary N) is 1. The van der Waals surface area contributed by atoms with Crippen LogP contribution in [0, 0.1) is 0 Å².